The minimum absolute atomic E-state index is 0.116. The van der Waals surface area contributed by atoms with Crippen LogP contribution in [0.15, 0.2) is 23.1 Å². The lowest BCUT2D eigenvalue weighted by atomic mass is 10.1. The van der Waals surface area contributed by atoms with Crippen molar-refractivity contribution in [2.45, 2.75) is 63.3 Å². The predicted octanol–water partition coefficient (Wildman–Crippen LogP) is 3.00. The Hall–Kier alpha value is -1.68. The Bertz CT molecular complexity index is 906. The molecule has 0 aromatic heterocycles. The topological polar surface area (TPSA) is 82.2 Å². The van der Waals surface area contributed by atoms with E-state index in [9.17, 15) is 13.2 Å². The van der Waals surface area contributed by atoms with Crippen molar-refractivity contribution < 1.29 is 17.9 Å². The summed E-state index contributed by atoms with van der Waals surface area (Å²) < 4.78 is 33.4. The molecular weight excluding hydrogens is 440 g/mol. The Morgan fingerprint density at radius 2 is 1.67 bits per heavy atom. The third kappa shape index (κ3) is 6.91. The number of amides is 1. The first-order valence-corrected chi connectivity index (χ1v) is 13.5. The van der Waals surface area contributed by atoms with Crippen LogP contribution in [0.1, 0.15) is 52.9 Å². The average Bonchev–Trinajstić information content (AvgIpc) is 3.17. The molecule has 2 saturated heterocycles. The molecule has 2 fully saturated rings. The first-order valence-electron chi connectivity index (χ1n) is 12.1. The van der Waals surface area contributed by atoms with Gasteiger partial charge in [0.15, 0.2) is 0 Å². The van der Waals surface area contributed by atoms with Crippen LogP contribution in [0.5, 0.6) is 5.75 Å². The molecule has 2 aliphatic rings. The van der Waals surface area contributed by atoms with Crippen molar-refractivity contribution in [2.24, 2.45) is 0 Å². The van der Waals surface area contributed by atoms with Crippen molar-refractivity contribution in [3.8, 4) is 5.75 Å². The standard InChI is InChI=1S/C24H40N4O4S/c1-24(2,3)27-13-9-12-26(16-17-27)19-23(29)25-21-18-20(10-11-22(21)32-4)33(30,31)28-14-7-5-6-8-15-28/h10-11,18H,5-9,12-17,19H2,1-4H3,(H,25,29). The van der Waals surface area contributed by atoms with Gasteiger partial charge in [0.2, 0.25) is 15.9 Å². The zero-order valence-electron chi connectivity index (χ0n) is 20.6. The van der Waals surface area contributed by atoms with Crippen molar-refractivity contribution >= 4 is 21.6 Å². The van der Waals surface area contributed by atoms with Crippen molar-refractivity contribution in [3.05, 3.63) is 18.2 Å². The molecule has 33 heavy (non-hydrogen) atoms. The summed E-state index contributed by atoms with van der Waals surface area (Å²) in [7, 11) is -2.09. The number of hydrogen-bond donors (Lipinski definition) is 1. The van der Waals surface area contributed by atoms with Gasteiger partial charge in [-0.3, -0.25) is 14.6 Å². The number of nitrogens with one attached hydrogen (secondary N) is 1. The zero-order valence-corrected chi connectivity index (χ0v) is 21.4. The molecule has 9 heteroatoms. The molecule has 1 aromatic carbocycles. The number of anilines is 1. The molecule has 1 amide bonds. The van der Waals surface area contributed by atoms with Gasteiger partial charge in [0.05, 0.1) is 24.2 Å². The van der Waals surface area contributed by atoms with E-state index in [1.807, 2.05) is 0 Å². The smallest absolute Gasteiger partial charge is 0.243 e. The molecule has 1 N–H and O–H groups in total. The van der Waals surface area contributed by atoms with Crippen LogP contribution in [-0.4, -0.2) is 86.9 Å². The third-order valence-corrected chi connectivity index (χ3v) is 8.45. The molecular formula is C24H40N4O4S. The maximum absolute atomic E-state index is 13.2. The van der Waals surface area contributed by atoms with Crippen LogP contribution in [0.25, 0.3) is 0 Å². The second-order valence-electron chi connectivity index (χ2n) is 10.0. The van der Waals surface area contributed by atoms with E-state index in [0.29, 0.717) is 24.5 Å². The number of sulfonamides is 1. The molecule has 0 spiro atoms. The molecule has 186 valence electrons. The highest BCUT2D eigenvalue weighted by atomic mass is 32.2. The molecule has 0 unspecified atom stereocenters. The van der Waals surface area contributed by atoms with E-state index in [-0.39, 0.29) is 22.9 Å². The highest BCUT2D eigenvalue weighted by Crippen LogP contribution is 2.30. The van der Waals surface area contributed by atoms with E-state index >= 15 is 0 Å². The van der Waals surface area contributed by atoms with Crippen LogP contribution in [0.3, 0.4) is 0 Å². The van der Waals surface area contributed by atoms with Gasteiger partial charge in [-0.1, -0.05) is 12.8 Å². The van der Waals surface area contributed by atoms with Gasteiger partial charge in [0.25, 0.3) is 0 Å². The predicted molar refractivity (Wildman–Crippen MR) is 131 cm³/mol. The maximum atomic E-state index is 13.2. The summed E-state index contributed by atoms with van der Waals surface area (Å²) in [5, 5.41) is 2.90. The number of hydrogen-bond acceptors (Lipinski definition) is 6. The Balaban J connectivity index is 1.69. The summed E-state index contributed by atoms with van der Waals surface area (Å²) in [6.07, 6.45) is 4.88. The Morgan fingerprint density at radius 3 is 2.30 bits per heavy atom. The van der Waals surface area contributed by atoms with Crippen LogP contribution in [0.4, 0.5) is 5.69 Å². The minimum Gasteiger partial charge on any atom is -0.495 e. The fourth-order valence-corrected chi connectivity index (χ4v) is 6.11. The number of methoxy groups -OCH3 is 1. The van der Waals surface area contributed by atoms with E-state index < -0.39 is 10.0 Å². The van der Waals surface area contributed by atoms with Crippen LogP contribution in [-0.2, 0) is 14.8 Å². The maximum Gasteiger partial charge on any atom is 0.243 e. The van der Waals surface area contributed by atoms with Gasteiger partial charge in [-0.25, -0.2) is 8.42 Å². The largest absolute Gasteiger partial charge is 0.495 e. The fourth-order valence-electron chi connectivity index (χ4n) is 4.57. The van der Waals surface area contributed by atoms with Crippen molar-refractivity contribution in [3.63, 3.8) is 0 Å². The van der Waals surface area contributed by atoms with Crippen LogP contribution < -0.4 is 10.1 Å². The summed E-state index contributed by atoms with van der Waals surface area (Å²) in [6, 6.07) is 4.71. The first-order chi connectivity index (χ1) is 15.6. The molecule has 0 aliphatic carbocycles. The van der Waals surface area contributed by atoms with Crippen LogP contribution in [0, 0.1) is 0 Å². The molecule has 0 saturated carbocycles. The highest BCUT2D eigenvalue weighted by Gasteiger charge is 2.27. The van der Waals surface area contributed by atoms with E-state index in [4.69, 9.17) is 4.74 Å². The number of carbonyl (C=O) groups is 1. The van der Waals surface area contributed by atoms with Gasteiger partial charge in [-0.15, -0.1) is 0 Å². The molecule has 2 heterocycles. The normalized spacial score (nSPS) is 20.1. The minimum atomic E-state index is -3.61. The lowest BCUT2D eigenvalue weighted by molar-refractivity contribution is -0.117. The third-order valence-electron chi connectivity index (χ3n) is 6.55. The lowest BCUT2D eigenvalue weighted by Gasteiger charge is -2.34. The van der Waals surface area contributed by atoms with Crippen molar-refractivity contribution in [1.29, 1.82) is 0 Å². The summed E-state index contributed by atoms with van der Waals surface area (Å²) in [5.74, 6) is 0.287. The van der Waals surface area contributed by atoms with E-state index in [0.717, 1.165) is 58.3 Å². The Kier molecular flexibility index (Phi) is 8.77. The van der Waals surface area contributed by atoms with E-state index in [1.165, 1.54) is 13.2 Å². The zero-order chi connectivity index (χ0) is 24.1. The number of benzene rings is 1. The molecule has 0 bridgehead atoms. The number of carbonyl (C=O) groups excluding carboxylic acids is 1. The summed E-state index contributed by atoms with van der Waals surface area (Å²) >= 11 is 0. The second kappa shape index (κ2) is 11.2. The van der Waals surface area contributed by atoms with Gasteiger partial charge in [-0.05, 0) is 71.3 Å². The molecule has 2 aliphatic heterocycles. The second-order valence-corrected chi connectivity index (χ2v) is 12.0. The first kappa shape index (κ1) is 25.9. The quantitative estimate of drug-likeness (QED) is 0.674. The molecule has 0 atom stereocenters. The van der Waals surface area contributed by atoms with Gasteiger partial charge < -0.3 is 10.1 Å². The highest BCUT2D eigenvalue weighted by molar-refractivity contribution is 7.89. The molecule has 8 nitrogen and oxygen atoms in total. The average molecular weight is 481 g/mol. The summed E-state index contributed by atoms with van der Waals surface area (Å²) in [4.78, 5) is 17.7. The monoisotopic (exact) mass is 480 g/mol. The van der Waals surface area contributed by atoms with Gasteiger partial charge in [-0.2, -0.15) is 4.31 Å². The Labute approximate surface area is 199 Å². The van der Waals surface area contributed by atoms with Crippen LogP contribution >= 0.6 is 0 Å². The SMILES string of the molecule is COc1ccc(S(=O)(=O)N2CCCCCC2)cc1NC(=O)CN1CCCN(C(C)(C)C)CC1. The van der Waals surface area contributed by atoms with Crippen LogP contribution in [0.2, 0.25) is 0 Å². The summed E-state index contributed by atoms with van der Waals surface area (Å²) in [6.45, 7) is 11.6. The molecule has 1 aromatic rings. The van der Waals surface area contributed by atoms with Gasteiger partial charge in [0, 0.05) is 31.7 Å². The lowest BCUT2D eigenvalue weighted by Crippen LogP contribution is -2.44. The van der Waals surface area contributed by atoms with Gasteiger partial charge in [0.1, 0.15) is 5.75 Å². The van der Waals surface area contributed by atoms with Gasteiger partial charge >= 0.3 is 0 Å². The number of rotatable bonds is 6. The van der Waals surface area contributed by atoms with Crippen molar-refractivity contribution in [2.75, 3.05) is 58.2 Å². The summed E-state index contributed by atoms with van der Waals surface area (Å²) in [5.41, 5.74) is 0.509. The Morgan fingerprint density at radius 1 is 0.970 bits per heavy atom. The molecule has 0 radical (unpaired) electrons. The number of ether oxygens (including phenoxy) is 1. The van der Waals surface area contributed by atoms with Crippen molar-refractivity contribution in [1.82, 2.24) is 14.1 Å². The molecule has 3 rings (SSSR count). The van der Waals surface area contributed by atoms with E-state index in [2.05, 4.69) is 35.9 Å². The van der Waals surface area contributed by atoms with E-state index in [1.54, 1.807) is 16.4 Å². The number of nitrogens with zero attached hydrogens (tertiary/aromatic N) is 3. The fraction of sp³-hybridized carbons (Fsp3) is 0.708.